The highest BCUT2D eigenvalue weighted by molar-refractivity contribution is 6.18. The first-order valence-electron chi connectivity index (χ1n) is 10.2. The van der Waals surface area contributed by atoms with Crippen molar-refractivity contribution in [2.24, 2.45) is 0 Å². The van der Waals surface area contributed by atoms with Crippen molar-refractivity contribution in [1.82, 2.24) is 9.97 Å². The van der Waals surface area contributed by atoms with E-state index in [-0.39, 0.29) is 0 Å². The maximum Gasteiger partial charge on any atom is 0.0886 e. The summed E-state index contributed by atoms with van der Waals surface area (Å²) < 4.78 is 0. The Labute approximate surface area is 180 Å². The number of hydrogen-bond donors (Lipinski definition) is 1. The van der Waals surface area contributed by atoms with Gasteiger partial charge in [-0.2, -0.15) is 0 Å². The van der Waals surface area contributed by atoms with E-state index in [0.717, 1.165) is 22.5 Å². The first-order valence-corrected chi connectivity index (χ1v) is 10.2. The topological polar surface area (TPSA) is 51.8 Å². The van der Waals surface area contributed by atoms with Crippen LogP contribution in [0.25, 0.3) is 43.7 Å². The predicted octanol–water partition coefficient (Wildman–Crippen LogP) is 6.87. The normalized spacial score (nSPS) is 10.7. The van der Waals surface area contributed by atoms with Gasteiger partial charge in [-0.05, 0) is 57.3 Å². The number of nitrogen functional groups attached to an aromatic ring is 1. The average molecular weight is 399 g/mol. The molecule has 0 aliphatic heterocycles. The number of pyridine rings is 2. The predicted molar refractivity (Wildman–Crippen MR) is 131 cm³/mol. The Morgan fingerprint density at radius 2 is 0.968 bits per heavy atom. The molecule has 0 atom stereocenters. The molecule has 0 saturated heterocycles. The molecule has 31 heavy (non-hydrogen) atoms. The lowest BCUT2D eigenvalue weighted by Crippen LogP contribution is -1.87. The van der Waals surface area contributed by atoms with Gasteiger partial charge >= 0.3 is 0 Å². The summed E-state index contributed by atoms with van der Waals surface area (Å²) in [6, 6.07) is 34.9. The van der Waals surface area contributed by atoms with Crippen molar-refractivity contribution in [3.8, 4) is 11.4 Å². The molecule has 2 N–H and O–H groups in total. The van der Waals surface area contributed by atoms with Gasteiger partial charge in [-0.3, -0.25) is 9.97 Å². The molecule has 2 heterocycles. The second kappa shape index (κ2) is 8.25. The monoisotopic (exact) mass is 399 g/mol. The summed E-state index contributed by atoms with van der Waals surface area (Å²) in [7, 11) is 0. The second-order valence-electron chi connectivity index (χ2n) is 7.32. The zero-order chi connectivity index (χ0) is 21.0. The molecule has 0 radical (unpaired) electrons. The van der Waals surface area contributed by atoms with E-state index in [0.29, 0.717) is 0 Å². The number of hydrogen-bond acceptors (Lipinski definition) is 3. The smallest absolute Gasteiger partial charge is 0.0886 e. The summed E-state index contributed by atoms with van der Waals surface area (Å²) in [5.74, 6) is 0. The third kappa shape index (κ3) is 3.69. The van der Waals surface area contributed by atoms with E-state index in [1.807, 2.05) is 48.5 Å². The van der Waals surface area contributed by atoms with Gasteiger partial charge in [-0.1, -0.05) is 72.8 Å². The fourth-order valence-corrected chi connectivity index (χ4v) is 3.91. The number of aromatic nitrogens is 2. The molecule has 0 fully saturated rings. The molecular weight excluding hydrogens is 378 g/mol. The summed E-state index contributed by atoms with van der Waals surface area (Å²) >= 11 is 0. The van der Waals surface area contributed by atoms with Crippen molar-refractivity contribution in [3.05, 3.63) is 116 Å². The van der Waals surface area contributed by atoms with Crippen molar-refractivity contribution in [2.75, 3.05) is 5.73 Å². The van der Waals surface area contributed by atoms with Crippen molar-refractivity contribution in [1.29, 1.82) is 0 Å². The Morgan fingerprint density at radius 3 is 1.68 bits per heavy atom. The molecule has 3 nitrogen and oxygen atoms in total. The van der Waals surface area contributed by atoms with E-state index in [9.17, 15) is 0 Å². The highest BCUT2D eigenvalue weighted by atomic mass is 14.7. The molecule has 4 aromatic carbocycles. The molecular formula is C28H21N3. The van der Waals surface area contributed by atoms with E-state index in [4.69, 9.17) is 5.73 Å². The number of nitrogens with two attached hydrogens (primary N) is 1. The molecule has 2 aromatic heterocycles. The molecule has 0 unspecified atom stereocenters. The van der Waals surface area contributed by atoms with Gasteiger partial charge in [0.1, 0.15) is 0 Å². The van der Waals surface area contributed by atoms with Gasteiger partial charge in [-0.15, -0.1) is 0 Å². The fraction of sp³-hybridized carbons (Fsp3) is 0. The quantitative estimate of drug-likeness (QED) is 0.242. The average Bonchev–Trinajstić information content (AvgIpc) is 2.85. The summed E-state index contributed by atoms with van der Waals surface area (Å²) in [6.07, 6.45) is 3.54. The molecule has 3 heteroatoms. The van der Waals surface area contributed by atoms with E-state index >= 15 is 0 Å². The van der Waals surface area contributed by atoms with Gasteiger partial charge in [0.15, 0.2) is 0 Å². The van der Waals surface area contributed by atoms with E-state index in [1.165, 1.54) is 26.9 Å². The lowest BCUT2D eigenvalue weighted by molar-refractivity contribution is 1.25. The minimum Gasteiger partial charge on any atom is -0.398 e. The van der Waals surface area contributed by atoms with Crippen LogP contribution in [-0.4, -0.2) is 9.97 Å². The molecule has 0 saturated carbocycles. The summed E-state index contributed by atoms with van der Waals surface area (Å²) in [4.78, 5) is 8.37. The molecule has 0 amide bonds. The van der Waals surface area contributed by atoms with Gasteiger partial charge in [0.05, 0.1) is 11.4 Å². The third-order valence-corrected chi connectivity index (χ3v) is 5.41. The van der Waals surface area contributed by atoms with Crippen LogP contribution in [0.3, 0.4) is 0 Å². The van der Waals surface area contributed by atoms with Crippen LogP contribution < -0.4 is 5.73 Å². The van der Waals surface area contributed by atoms with Crippen LogP contribution in [0.4, 0.5) is 5.69 Å². The van der Waals surface area contributed by atoms with Gasteiger partial charge in [-0.25, -0.2) is 0 Å². The van der Waals surface area contributed by atoms with Crippen molar-refractivity contribution in [3.63, 3.8) is 0 Å². The summed E-state index contributed by atoms with van der Waals surface area (Å²) in [5, 5.41) is 7.48. The second-order valence-corrected chi connectivity index (χ2v) is 7.32. The van der Waals surface area contributed by atoms with Gasteiger partial charge in [0.2, 0.25) is 0 Å². The van der Waals surface area contributed by atoms with Crippen LogP contribution >= 0.6 is 0 Å². The summed E-state index contributed by atoms with van der Waals surface area (Å²) in [5.41, 5.74) is 8.73. The molecule has 148 valence electrons. The number of nitrogens with zero attached hydrogens (tertiary/aromatic N) is 2. The zero-order valence-corrected chi connectivity index (χ0v) is 16.9. The first-order chi connectivity index (χ1) is 15.3. The number of rotatable bonds is 1. The maximum absolute atomic E-state index is 6.06. The van der Waals surface area contributed by atoms with Crippen LogP contribution in [0.2, 0.25) is 0 Å². The Hall–Kier alpha value is -4.24. The van der Waals surface area contributed by atoms with Gasteiger partial charge in [0.25, 0.3) is 0 Å². The number of benzene rings is 4. The van der Waals surface area contributed by atoms with Crippen LogP contribution in [0, 0.1) is 0 Å². The van der Waals surface area contributed by atoms with Crippen LogP contribution in [0.1, 0.15) is 0 Å². The molecule has 6 rings (SSSR count). The zero-order valence-electron chi connectivity index (χ0n) is 16.9. The number of anilines is 1. The highest BCUT2D eigenvalue weighted by Crippen LogP contribution is 2.33. The Bertz CT molecular complexity index is 1440. The fourth-order valence-electron chi connectivity index (χ4n) is 3.91. The minimum atomic E-state index is 0.840. The highest BCUT2D eigenvalue weighted by Gasteiger charge is 2.05. The van der Waals surface area contributed by atoms with Gasteiger partial charge < -0.3 is 5.73 Å². The summed E-state index contributed by atoms with van der Waals surface area (Å²) in [6.45, 7) is 0. The third-order valence-electron chi connectivity index (χ3n) is 5.41. The van der Waals surface area contributed by atoms with E-state index in [2.05, 4.69) is 64.6 Å². The van der Waals surface area contributed by atoms with Crippen molar-refractivity contribution >= 4 is 38.0 Å². The lowest BCUT2D eigenvalue weighted by atomic mass is 9.96. The molecule has 0 bridgehead atoms. The Kier molecular flexibility index (Phi) is 4.99. The first kappa shape index (κ1) is 18.8. The molecule has 0 aliphatic carbocycles. The minimum absolute atomic E-state index is 0.840. The SMILES string of the molecule is Nc1cccc2c1ccc1c3ccccc3ccc21.c1ccc(-c2ccccn2)nc1. The van der Waals surface area contributed by atoms with E-state index < -0.39 is 0 Å². The van der Waals surface area contributed by atoms with Crippen LogP contribution in [0.5, 0.6) is 0 Å². The van der Waals surface area contributed by atoms with Crippen molar-refractivity contribution in [2.45, 2.75) is 0 Å². The lowest BCUT2D eigenvalue weighted by Gasteiger charge is -2.08. The van der Waals surface area contributed by atoms with Crippen molar-refractivity contribution < 1.29 is 0 Å². The van der Waals surface area contributed by atoms with E-state index in [1.54, 1.807) is 12.4 Å². The standard InChI is InChI=1S/C18H13N.C10H8N2/c19-18-7-3-6-14-16-9-8-12-4-1-2-5-13(12)15(16)10-11-17(14)18;1-3-7-11-9(5-1)10-6-2-4-8-12-10/h1-11H,19H2;1-8H. The largest absolute Gasteiger partial charge is 0.398 e. The van der Waals surface area contributed by atoms with Crippen LogP contribution in [-0.2, 0) is 0 Å². The Morgan fingerprint density at radius 1 is 0.419 bits per heavy atom. The van der Waals surface area contributed by atoms with Gasteiger partial charge in [0, 0.05) is 23.5 Å². The molecule has 6 aromatic rings. The maximum atomic E-state index is 6.06. The molecule has 0 spiro atoms. The Balaban J connectivity index is 0.000000147. The molecule has 0 aliphatic rings. The number of fused-ring (bicyclic) bond motifs is 5. The van der Waals surface area contributed by atoms with Crippen LogP contribution in [0.15, 0.2) is 116 Å².